The molecule has 1 atom stereocenters. The van der Waals surface area contributed by atoms with Crippen LogP contribution in [0, 0.1) is 0 Å². The number of carboxylic acid groups (broad SMARTS) is 1. The van der Waals surface area contributed by atoms with E-state index in [1.165, 1.54) is 4.90 Å². The van der Waals surface area contributed by atoms with Crippen LogP contribution in [0.1, 0.15) is 16.7 Å². The van der Waals surface area contributed by atoms with E-state index in [1.807, 2.05) is 54.6 Å². The van der Waals surface area contributed by atoms with Crippen molar-refractivity contribution in [3.63, 3.8) is 0 Å². The molecule has 2 amide bonds. The van der Waals surface area contributed by atoms with Crippen molar-refractivity contribution in [2.45, 2.75) is 25.6 Å². The van der Waals surface area contributed by atoms with Crippen molar-refractivity contribution >= 4 is 18.0 Å². The van der Waals surface area contributed by atoms with Gasteiger partial charge in [0.25, 0.3) is 0 Å². The summed E-state index contributed by atoms with van der Waals surface area (Å²) in [6.45, 7) is -0.147. The summed E-state index contributed by atoms with van der Waals surface area (Å²) in [4.78, 5) is 37.3. The van der Waals surface area contributed by atoms with Gasteiger partial charge in [0.1, 0.15) is 19.2 Å². The van der Waals surface area contributed by atoms with Gasteiger partial charge in [-0.1, -0.05) is 54.6 Å². The quantitative estimate of drug-likeness (QED) is 0.841. The molecule has 2 aromatic rings. The van der Waals surface area contributed by atoms with Crippen LogP contribution in [0.4, 0.5) is 4.79 Å². The van der Waals surface area contributed by atoms with Gasteiger partial charge in [0, 0.05) is 13.0 Å². The number of hydrogen-bond acceptors (Lipinski definition) is 4. The molecule has 0 saturated heterocycles. The van der Waals surface area contributed by atoms with Crippen LogP contribution < -0.4 is 5.32 Å². The highest BCUT2D eigenvalue weighted by molar-refractivity contribution is 5.89. The first-order valence-electron chi connectivity index (χ1n) is 8.57. The minimum atomic E-state index is -1.10. The highest BCUT2D eigenvalue weighted by atomic mass is 16.5. The summed E-state index contributed by atoms with van der Waals surface area (Å²) in [5.41, 5.74) is 2.60. The Hall–Kier alpha value is -3.35. The highest BCUT2D eigenvalue weighted by Gasteiger charge is 2.32. The van der Waals surface area contributed by atoms with E-state index in [0.717, 1.165) is 16.7 Å². The lowest BCUT2D eigenvalue weighted by molar-refractivity contribution is -0.145. The number of amides is 2. The van der Waals surface area contributed by atoms with E-state index < -0.39 is 30.6 Å². The number of carbonyl (C=O) groups is 3. The maximum atomic E-state index is 12.8. The molecule has 0 aromatic heterocycles. The molecule has 1 aliphatic heterocycles. The molecular weight excluding hydrogens is 348 g/mol. The first-order valence-corrected chi connectivity index (χ1v) is 8.57. The van der Waals surface area contributed by atoms with E-state index >= 15 is 0 Å². The van der Waals surface area contributed by atoms with Crippen molar-refractivity contribution in [1.82, 2.24) is 10.2 Å². The fourth-order valence-corrected chi connectivity index (χ4v) is 3.04. The second-order valence-corrected chi connectivity index (χ2v) is 6.32. The zero-order chi connectivity index (χ0) is 19.2. The van der Waals surface area contributed by atoms with Gasteiger partial charge in [0.05, 0.1) is 0 Å². The summed E-state index contributed by atoms with van der Waals surface area (Å²) >= 11 is 0. The van der Waals surface area contributed by atoms with Crippen LogP contribution in [-0.4, -0.2) is 40.6 Å². The van der Waals surface area contributed by atoms with Crippen molar-refractivity contribution in [3.05, 3.63) is 71.3 Å². The van der Waals surface area contributed by atoms with E-state index in [4.69, 9.17) is 9.84 Å². The highest BCUT2D eigenvalue weighted by Crippen LogP contribution is 2.19. The van der Waals surface area contributed by atoms with E-state index in [1.54, 1.807) is 0 Å². The first kappa shape index (κ1) is 18.4. The van der Waals surface area contributed by atoms with Crippen LogP contribution in [0.3, 0.4) is 0 Å². The number of rotatable bonds is 5. The summed E-state index contributed by atoms with van der Waals surface area (Å²) in [6.07, 6.45) is -0.433. The van der Waals surface area contributed by atoms with Crippen LogP contribution in [0.2, 0.25) is 0 Å². The second kappa shape index (κ2) is 8.35. The van der Waals surface area contributed by atoms with E-state index in [9.17, 15) is 14.4 Å². The average molecular weight is 368 g/mol. The molecule has 1 heterocycles. The molecule has 7 heteroatoms. The lowest BCUT2D eigenvalue weighted by Crippen LogP contribution is -2.49. The standard InChI is InChI=1S/C20H20N2O5/c23-18(24)12-22-11-16-9-5-4-8-15(16)10-17(19(22)25)21-20(26)27-13-14-6-2-1-3-7-14/h1-9,17H,10-13H2,(H,21,26)(H,23,24)/t17-/m0/s1. The van der Waals surface area contributed by atoms with E-state index in [0.29, 0.717) is 0 Å². The number of fused-ring (bicyclic) bond motifs is 1. The fourth-order valence-electron chi connectivity index (χ4n) is 3.04. The number of benzene rings is 2. The Morgan fingerprint density at radius 1 is 1.07 bits per heavy atom. The summed E-state index contributed by atoms with van der Waals surface area (Å²) < 4.78 is 5.19. The maximum Gasteiger partial charge on any atom is 0.408 e. The van der Waals surface area contributed by atoms with Gasteiger partial charge in [-0.2, -0.15) is 0 Å². The van der Waals surface area contributed by atoms with Crippen molar-refractivity contribution in [2.75, 3.05) is 6.54 Å². The molecule has 0 radical (unpaired) electrons. The van der Waals surface area contributed by atoms with Crippen molar-refractivity contribution in [3.8, 4) is 0 Å². The molecule has 1 aliphatic rings. The van der Waals surface area contributed by atoms with Crippen LogP contribution in [0.15, 0.2) is 54.6 Å². The Morgan fingerprint density at radius 2 is 1.74 bits per heavy atom. The molecule has 2 N–H and O–H groups in total. The topological polar surface area (TPSA) is 95.9 Å². The molecule has 0 unspecified atom stereocenters. The Kier molecular flexibility index (Phi) is 5.71. The number of nitrogens with one attached hydrogen (secondary N) is 1. The van der Waals surface area contributed by atoms with Gasteiger partial charge < -0.3 is 20.1 Å². The first-order chi connectivity index (χ1) is 13.0. The molecule has 0 saturated carbocycles. The molecule has 2 aromatic carbocycles. The molecule has 0 aliphatic carbocycles. The summed E-state index contributed by atoms with van der Waals surface area (Å²) in [5.74, 6) is -1.54. The molecule has 3 rings (SSSR count). The number of hydrogen-bond donors (Lipinski definition) is 2. The number of alkyl carbamates (subject to hydrolysis) is 1. The zero-order valence-electron chi connectivity index (χ0n) is 14.6. The van der Waals surface area contributed by atoms with Crippen molar-refractivity contribution < 1.29 is 24.2 Å². The predicted octanol–water partition coefficient (Wildman–Crippen LogP) is 1.95. The van der Waals surface area contributed by atoms with E-state index in [2.05, 4.69) is 5.32 Å². The Morgan fingerprint density at radius 3 is 2.44 bits per heavy atom. The van der Waals surface area contributed by atoms with Gasteiger partial charge in [-0.25, -0.2) is 4.79 Å². The van der Waals surface area contributed by atoms with Crippen LogP contribution in [0.25, 0.3) is 0 Å². The Balaban J connectivity index is 1.71. The smallest absolute Gasteiger partial charge is 0.408 e. The Bertz CT molecular complexity index is 837. The lowest BCUT2D eigenvalue weighted by Gasteiger charge is -2.23. The van der Waals surface area contributed by atoms with Gasteiger partial charge in [-0.05, 0) is 16.7 Å². The minimum absolute atomic E-state index is 0.0863. The molecule has 7 nitrogen and oxygen atoms in total. The van der Waals surface area contributed by atoms with Crippen LogP contribution in [-0.2, 0) is 33.9 Å². The van der Waals surface area contributed by atoms with E-state index in [-0.39, 0.29) is 19.6 Å². The second-order valence-electron chi connectivity index (χ2n) is 6.32. The minimum Gasteiger partial charge on any atom is -0.480 e. The summed E-state index contributed by atoms with van der Waals surface area (Å²) in [5, 5.41) is 11.7. The zero-order valence-corrected chi connectivity index (χ0v) is 14.6. The number of aliphatic carboxylic acids is 1. The average Bonchev–Trinajstić information content (AvgIpc) is 2.78. The summed E-state index contributed by atoms with van der Waals surface area (Å²) in [7, 11) is 0. The van der Waals surface area contributed by atoms with Gasteiger partial charge in [-0.3, -0.25) is 9.59 Å². The molecule has 140 valence electrons. The predicted molar refractivity (Wildman–Crippen MR) is 96.7 cm³/mol. The molecule has 0 fully saturated rings. The molecule has 27 heavy (non-hydrogen) atoms. The number of carbonyl (C=O) groups excluding carboxylic acids is 2. The van der Waals surface area contributed by atoms with Crippen LogP contribution in [0.5, 0.6) is 0 Å². The van der Waals surface area contributed by atoms with Crippen molar-refractivity contribution in [1.29, 1.82) is 0 Å². The van der Waals surface area contributed by atoms with Crippen LogP contribution >= 0.6 is 0 Å². The third-order valence-electron chi connectivity index (χ3n) is 4.34. The third kappa shape index (κ3) is 4.84. The van der Waals surface area contributed by atoms with Gasteiger partial charge in [0.15, 0.2) is 0 Å². The van der Waals surface area contributed by atoms with Gasteiger partial charge in [-0.15, -0.1) is 0 Å². The molecular formula is C20H20N2O5. The molecule has 0 bridgehead atoms. The lowest BCUT2D eigenvalue weighted by atomic mass is 10.0. The monoisotopic (exact) mass is 368 g/mol. The van der Waals surface area contributed by atoms with Crippen molar-refractivity contribution in [2.24, 2.45) is 0 Å². The largest absolute Gasteiger partial charge is 0.480 e. The number of ether oxygens (including phenoxy) is 1. The molecule has 0 spiro atoms. The normalized spacial score (nSPS) is 16.2. The Labute approximate surface area is 156 Å². The third-order valence-corrected chi connectivity index (χ3v) is 4.34. The SMILES string of the molecule is O=C(O)CN1Cc2ccccc2C[C@H](NC(=O)OCc2ccccc2)C1=O. The number of nitrogens with zero attached hydrogens (tertiary/aromatic N) is 1. The number of carboxylic acids is 1. The fraction of sp³-hybridized carbons (Fsp3) is 0.250. The maximum absolute atomic E-state index is 12.8. The van der Waals surface area contributed by atoms with Gasteiger partial charge >= 0.3 is 12.1 Å². The summed E-state index contributed by atoms with van der Waals surface area (Å²) in [6, 6.07) is 15.7. The van der Waals surface area contributed by atoms with Gasteiger partial charge in [0.2, 0.25) is 5.91 Å².